The molecule has 5 nitrogen and oxygen atoms in total. The van der Waals surface area contributed by atoms with Gasteiger partial charge in [0.05, 0.1) is 24.7 Å². The van der Waals surface area contributed by atoms with Gasteiger partial charge in [-0.25, -0.2) is 9.97 Å². The Morgan fingerprint density at radius 3 is 2.52 bits per heavy atom. The van der Waals surface area contributed by atoms with Crippen LogP contribution in [0.5, 0.6) is 5.75 Å². The average molecular weight is 286 g/mol. The molecule has 21 heavy (non-hydrogen) atoms. The number of ether oxygens (including phenoxy) is 1. The van der Waals surface area contributed by atoms with Gasteiger partial charge in [-0.05, 0) is 30.2 Å². The molecule has 2 aromatic rings. The Kier molecular flexibility index (Phi) is 5.11. The maximum atomic E-state index is 5.54. The van der Waals surface area contributed by atoms with Crippen molar-refractivity contribution in [2.75, 3.05) is 25.5 Å². The first-order valence-corrected chi connectivity index (χ1v) is 7.11. The van der Waals surface area contributed by atoms with Crippen molar-refractivity contribution in [3.8, 4) is 17.1 Å². The molecule has 5 heteroatoms. The fourth-order valence-electron chi connectivity index (χ4n) is 2.06. The highest BCUT2D eigenvalue weighted by Gasteiger charge is 2.11. The molecule has 0 spiro atoms. The summed E-state index contributed by atoms with van der Waals surface area (Å²) in [6.45, 7) is 5.53. The first kappa shape index (κ1) is 15.3. The summed E-state index contributed by atoms with van der Waals surface area (Å²) in [6, 6.07) is 7.75. The van der Waals surface area contributed by atoms with Crippen LogP contribution in [0.1, 0.15) is 25.5 Å². The molecular formula is C16H22N4O. The number of aromatic nitrogens is 2. The molecule has 1 heterocycles. The van der Waals surface area contributed by atoms with E-state index < -0.39 is 0 Å². The summed E-state index contributed by atoms with van der Waals surface area (Å²) >= 11 is 0. The third-order valence-electron chi connectivity index (χ3n) is 3.17. The molecule has 0 bridgehead atoms. The minimum Gasteiger partial charge on any atom is -0.497 e. The van der Waals surface area contributed by atoms with E-state index in [-0.39, 0.29) is 0 Å². The van der Waals surface area contributed by atoms with Crippen LogP contribution in [0.15, 0.2) is 30.5 Å². The standard InChI is InChI=1S/C16H22N4O/c1-11(2)15-14(18-9-8-17)10-19-16(20-15)12-4-6-13(21-3)7-5-12/h4-7,10-11,18H,8-9,17H2,1-3H3. The Morgan fingerprint density at radius 1 is 1.24 bits per heavy atom. The molecule has 0 aliphatic rings. The molecule has 112 valence electrons. The van der Waals surface area contributed by atoms with Crippen LogP contribution in [0.2, 0.25) is 0 Å². The highest BCUT2D eigenvalue weighted by atomic mass is 16.5. The van der Waals surface area contributed by atoms with E-state index in [1.54, 1.807) is 7.11 Å². The van der Waals surface area contributed by atoms with Crippen molar-refractivity contribution >= 4 is 5.69 Å². The van der Waals surface area contributed by atoms with Crippen LogP contribution in [0.4, 0.5) is 5.69 Å². The van der Waals surface area contributed by atoms with Crippen LogP contribution in [0, 0.1) is 0 Å². The van der Waals surface area contributed by atoms with E-state index in [2.05, 4.69) is 24.1 Å². The summed E-state index contributed by atoms with van der Waals surface area (Å²) in [5.41, 5.74) is 8.47. The lowest BCUT2D eigenvalue weighted by molar-refractivity contribution is 0.415. The van der Waals surface area contributed by atoms with Crippen LogP contribution in [-0.4, -0.2) is 30.2 Å². The number of hydrogen-bond acceptors (Lipinski definition) is 5. The number of methoxy groups -OCH3 is 1. The zero-order valence-corrected chi connectivity index (χ0v) is 12.8. The molecule has 0 aliphatic heterocycles. The van der Waals surface area contributed by atoms with Crippen LogP contribution in [0.3, 0.4) is 0 Å². The van der Waals surface area contributed by atoms with Gasteiger partial charge in [-0.15, -0.1) is 0 Å². The molecule has 0 amide bonds. The van der Waals surface area contributed by atoms with Crippen molar-refractivity contribution in [3.05, 3.63) is 36.2 Å². The van der Waals surface area contributed by atoms with Gasteiger partial charge in [-0.1, -0.05) is 13.8 Å². The molecule has 0 fully saturated rings. The third kappa shape index (κ3) is 3.70. The SMILES string of the molecule is COc1ccc(-c2ncc(NCCN)c(C(C)C)n2)cc1. The predicted molar refractivity (Wildman–Crippen MR) is 85.7 cm³/mol. The molecule has 0 saturated carbocycles. The van der Waals surface area contributed by atoms with Gasteiger partial charge in [-0.3, -0.25) is 0 Å². The number of hydrogen-bond donors (Lipinski definition) is 2. The van der Waals surface area contributed by atoms with E-state index in [9.17, 15) is 0 Å². The molecule has 3 N–H and O–H groups in total. The molecule has 0 saturated heterocycles. The Morgan fingerprint density at radius 2 is 1.95 bits per heavy atom. The maximum Gasteiger partial charge on any atom is 0.159 e. The Balaban J connectivity index is 2.33. The lowest BCUT2D eigenvalue weighted by Crippen LogP contribution is -2.15. The van der Waals surface area contributed by atoms with E-state index in [4.69, 9.17) is 15.5 Å². The van der Waals surface area contributed by atoms with Crippen molar-refractivity contribution in [3.63, 3.8) is 0 Å². The smallest absolute Gasteiger partial charge is 0.159 e. The van der Waals surface area contributed by atoms with Gasteiger partial charge < -0.3 is 15.8 Å². The Bertz CT molecular complexity index is 581. The van der Waals surface area contributed by atoms with Crippen molar-refractivity contribution < 1.29 is 4.74 Å². The van der Waals surface area contributed by atoms with Gasteiger partial charge in [0, 0.05) is 18.7 Å². The summed E-state index contributed by atoms with van der Waals surface area (Å²) in [7, 11) is 1.65. The first-order valence-electron chi connectivity index (χ1n) is 7.11. The molecular weight excluding hydrogens is 264 g/mol. The Hall–Kier alpha value is -2.14. The summed E-state index contributed by atoms with van der Waals surface area (Å²) in [4.78, 5) is 9.14. The van der Waals surface area contributed by atoms with E-state index in [0.29, 0.717) is 19.0 Å². The second-order valence-corrected chi connectivity index (χ2v) is 5.09. The zero-order chi connectivity index (χ0) is 15.2. The van der Waals surface area contributed by atoms with Gasteiger partial charge in [0.2, 0.25) is 0 Å². The van der Waals surface area contributed by atoms with Gasteiger partial charge in [-0.2, -0.15) is 0 Å². The normalized spacial score (nSPS) is 10.7. The highest BCUT2D eigenvalue weighted by molar-refractivity contribution is 5.59. The van der Waals surface area contributed by atoms with E-state index >= 15 is 0 Å². The molecule has 0 unspecified atom stereocenters. The summed E-state index contributed by atoms with van der Waals surface area (Å²) in [5.74, 6) is 1.86. The minimum atomic E-state index is 0.310. The number of benzene rings is 1. The highest BCUT2D eigenvalue weighted by Crippen LogP contribution is 2.25. The van der Waals surface area contributed by atoms with E-state index in [1.807, 2.05) is 30.5 Å². The van der Waals surface area contributed by atoms with Gasteiger partial charge in [0.1, 0.15) is 5.75 Å². The lowest BCUT2D eigenvalue weighted by Gasteiger charge is -2.14. The largest absolute Gasteiger partial charge is 0.497 e. The zero-order valence-electron chi connectivity index (χ0n) is 12.8. The van der Waals surface area contributed by atoms with Gasteiger partial charge >= 0.3 is 0 Å². The number of anilines is 1. The minimum absolute atomic E-state index is 0.310. The summed E-state index contributed by atoms with van der Waals surface area (Å²) < 4.78 is 5.17. The molecule has 1 aromatic carbocycles. The van der Waals surface area contributed by atoms with E-state index in [1.165, 1.54) is 0 Å². The molecule has 0 atom stereocenters. The van der Waals surface area contributed by atoms with Crippen molar-refractivity contribution in [2.45, 2.75) is 19.8 Å². The quantitative estimate of drug-likeness (QED) is 0.854. The second-order valence-electron chi connectivity index (χ2n) is 5.09. The monoisotopic (exact) mass is 286 g/mol. The van der Waals surface area contributed by atoms with Crippen molar-refractivity contribution in [2.24, 2.45) is 5.73 Å². The third-order valence-corrected chi connectivity index (χ3v) is 3.17. The molecule has 0 aliphatic carbocycles. The lowest BCUT2D eigenvalue weighted by atomic mass is 10.1. The maximum absolute atomic E-state index is 5.54. The number of rotatable bonds is 6. The Labute approximate surface area is 125 Å². The van der Waals surface area contributed by atoms with E-state index in [0.717, 1.165) is 28.5 Å². The predicted octanol–water partition coefficient (Wildman–Crippen LogP) is 2.65. The fraction of sp³-hybridized carbons (Fsp3) is 0.375. The van der Waals surface area contributed by atoms with Crippen molar-refractivity contribution in [1.29, 1.82) is 0 Å². The van der Waals surface area contributed by atoms with Gasteiger partial charge in [0.15, 0.2) is 5.82 Å². The molecule has 2 rings (SSSR count). The molecule has 1 aromatic heterocycles. The average Bonchev–Trinajstić information content (AvgIpc) is 2.52. The topological polar surface area (TPSA) is 73.1 Å². The summed E-state index contributed by atoms with van der Waals surface area (Å²) in [5, 5.41) is 3.27. The van der Waals surface area contributed by atoms with Crippen LogP contribution < -0.4 is 15.8 Å². The molecule has 0 radical (unpaired) electrons. The van der Waals surface area contributed by atoms with Crippen LogP contribution in [-0.2, 0) is 0 Å². The van der Waals surface area contributed by atoms with Crippen molar-refractivity contribution in [1.82, 2.24) is 9.97 Å². The second kappa shape index (κ2) is 7.04. The van der Waals surface area contributed by atoms with Gasteiger partial charge in [0.25, 0.3) is 0 Å². The number of nitrogens with one attached hydrogen (secondary N) is 1. The fourth-order valence-corrected chi connectivity index (χ4v) is 2.06. The number of nitrogens with two attached hydrogens (primary N) is 1. The number of nitrogens with zero attached hydrogens (tertiary/aromatic N) is 2. The first-order chi connectivity index (χ1) is 10.2. The summed E-state index contributed by atoms with van der Waals surface area (Å²) in [6.07, 6.45) is 1.83. The van der Waals surface area contributed by atoms with Crippen LogP contribution in [0.25, 0.3) is 11.4 Å². The van der Waals surface area contributed by atoms with Crippen LogP contribution >= 0.6 is 0 Å².